The quantitative estimate of drug-likeness (QED) is 0.339. The fraction of sp³-hybridized carbons (Fsp3) is 0.227. The number of carbonyl (C=O) groups is 2. The molecule has 0 aliphatic rings. The van der Waals surface area contributed by atoms with E-state index in [1.165, 1.54) is 6.08 Å². The van der Waals surface area contributed by atoms with Crippen LogP contribution < -0.4 is 20.9 Å². The molecule has 0 aliphatic carbocycles. The van der Waals surface area contributed by atoms with Crippen molar-refractivity contribution in [1.29, 1.82) is 0 Å². The lowest BCUT2D eigenvalue weighted by molar-refractivity contribution is -0.115. The second-order valence-corrected chi connectivity index (χ2v) is 7.68. The minimum absolute atomic E-state index is 0.0252. The molecule has 0 heterocycles. The Labute approximate surface area is 186 Å². The van der Waals surface area contributed by atoms with Gasteiger partial charge in [0.15, 0.2) is 5.11 Å². The molecule has 0 spiro atoms. The van der Waals surface area contributed by atoms with Crippen LogP contribution in [0.1, 0.15) is 36.2 Å². The van der Waals surface area contributed by atoms with Gasteiger partial charge in [0.05, 0.1) is 6.61 Å². The molecule has 3 N–H and O–H groups in total. The molecule has 2 amide bonds. The van der Waals surface area contributed by atoms with Gasteiger partial charge in [-0.05, 0) is 72.6 Å². The third kappa shape index (κ3) is 8.63. The summed E-state index contributed by atoms with van der Waals surface area (Å²) in [7, 11) is 0. The molecular weight excluding hydrogens is 422 g/mol. The topological polar surface area (TPSA) is 79.5 Å². The lowest BCUT2D eigenvalue weighted by Gasteiger charge is -2.11. The Balaban J connectivity index is 1.74. The van der Waals surface area contributed by atoms with Crippen LogP contribution in [0.25, 0.3) is 6.08 Å². The van der Waals surface area contributed by atoms with Crippen LogP contribution in [0.5, 0.6) is 5.75 Å². The van der Waals surface area contributed by atoms with Crippen molar-refractivity contribution in [2.24, 2.45) is 5.92 Å². The van der Waals surface area contributed by atoms with Crippen molar-refractivity contribution in [3.8, 4) is 5.75 Å². The molecule has 2 rings (SSSR count). The molecule has 0 aromatic heterocycles. The van der Waals surface area contributed by atoms with E-state index in [9.17, 15) is 9.59 Å². The van der Waals surface area contributed by atoms with Gasteiger partial charge in [0.2, 0.25) is 5.91 Å². The number of hydrazine groups is 1. The van der Waals surface area contributed by atoms with Crippen molar-refractivity contribution in [3.05, 3.63) is 70.8 Å². The second-order valence-electron chi connectivity index (χ2n) is 6.84. The fourth-order valence-corrected chi connectivity index (χ4v) is 2.51. The Morgan fingerprint density at radius 3 is 2.37 bits per heavy atom. The first-order chi connectivity index (χ1) is 14.3. The van der Waals surface area contributed by atoms with Gasteiger partial charge in [-0.1, -0.05) is 37.6 Å². The SMILES string of the molecule is CC(C)CCOc1ccc(C(=O)NNC(=S)NC(=O)/C=C/c2ccc(Cl)cc2)cc1. The van der Waals surface area contributed by atoms with Crippen molar-refractivity contribution in [2.75, 3.05) is 6.61 Å². The Morgan fingerprint density at radius 2 is 1.73 bits per heavy atom. The number of nitrogens with one attached hydrogen (secondary N) is 3. The van der Waals surface area contributed by atoms with Crippen molar-refractivity contribution in [3.63, 3.8) is 0 Å². The zero-order valence-corrected chi connectivity index (χ0v) is 18.3. The first-order valence-electron chi connectivity index (χ1n) is 9.41. The molecule has 0 aliphatic heterocycles. The van der Waals surface area contributed by atoms with E-state index in [2.05, 4.69) is 30.0 Å². The summed E-state index contributed by atoms with van der Waals surface area (Å²) in [5.74, 6) is 0.449. The van der Waals surface area contributed by atoms with Crippen molar-refractivity contribution in [1.82, 2.24) is 16.2 Å². The highest BCUT2D eigenvalue weighted by Gasteiger charge is 2.07. The van der Waals surface area contributed by atoms with Gasteiger partial charge in [-0.3, -0.25) is 25.8 Å². The van der Waals surface area contributed by atoms with Crippen LogP contribution in [0, 0.1) is 5.92 Å². The zero-order chi connectivity index (χ0) is 21.9. The Bertz CT molecular complexity index is 897. The predicted molar refractivity (Wildman–Crippen MR) is 123 cm³/mol. The van der Waals surface area contributed by atoms with Crippen molar-refractivity contribution >= 4 is 46.8 Å². The molecule has 0 fully saturated rings. The maximum atomic E-state index is 12.2. The Morgan fingerprint density at radius 1 is 1.07 bits per heavy atom. The minimum atomic E-state index is -0.431. The number of rotatable bonds is 7. The zero-order valence-electron chi connectivity index (χ0n) is 16.8. The highest BCUT2D eigenvalue weighted by Crippen LogP contribution is 2.13. The molecule has 8 heteroatoms. The van der Waals surface area contributed by atoms with Gasteiger partial charge in [-0.25, -0.2) is 0 Å². The predicted octanol–water partition coefficient (Wildman–Crippen LogP) is 4.11. The van der Waals surface area contributed by atoms with Crippen LogP contribution in [-0.4, -0.2) is 23.5 Å². The summed E-state index contributed by atoms with van der Waals surface area (Å²) in [4.78, 5) is 24.1. The fourth-order valence-electron chi connectivity index (χ4n) is 2.23. The number of thiocarbonyl (C=S) groups is 1. The van der Waals surface area contributed by atoms with E-state index in [0.29, 0.717) is 28.9 Å². The molecule has 0 bridgehead atoms. The smallest absolute Gasteiger partial charge is 0.269 e. The molecule has 0 atom stereocenters. The molecule has 0 saturated heterocycles. The van der Waals surface area contributed by atoms with Crippen LogP contribution in [-0.2, 0) is 4.79 Å². The van der Waals surface area contributed by atoms with Gasteiger partial charge < -0.3 is 4.74 Å². The molecule has 0 radical (unpaired) electrons. The van der Waals surface area contributed by atoms with Gasteiger partial charge in [0.25, 0.3) is 5.91 Å². The first kappa shape index (κ1) is 23.4. The molecule has 2 aromatic carbocycles. The monoisotopic (exact) mass is 445 g/mol. The summed E-state index contributed by atoms with van der Waals surface area (Å²) in [6.07, 6.45) is 3.92. The van der Waals surface area contributed by atoms with Crippen LogP contribution in [0.4, 0.5) is 0 Å². The number of benzene rings is 2. The standard InChI is InChI=1S/C22H24ClN3O3S/c1-15(2)13-14-29-19-10-6-17(7-11-19)21(28)25-26-22(30)24-20(27)12-5-16-3-8-18(23)9-4-16/h3-12,15H,13-14H2,1-2H3,(H,25,28)(H2,24,26,27,30)/b12-5+. The summed E-state index contributed by atoms with van der Waals surface area (Å²) in [6, 6.07) is 13.8. The van der Waals surface area contributed by atoms with E-state index in [0.717, 1.165) is 12.0 Å². The molecule has 2 aromatic rings. The van der Waals surface area contributed by atoms with E-state index in [4.69, 9.17) is 28.6 Å². The number of halogens is 1. The average Bonchev–Trinajstić information content (AvgIpc) is 2.72. The molecule has 30 heavy (non-hydrogen) atoms. The molecular formula is C22H24ClN3O3S. The maximum absolute atomic E-state index is 12.2. The summed E-state index contributed by atoms with van der Waals surface area (Å²) in [5.41, 5.74) is 6.18. The van der Waals surface area contributed by atoms with Gasteiger partial charge in [0.1, 0.15) is 5.75 Å². The first-order valence-corrected chi connectivity index (χ1v) is 10.2. The number of hydrogen-bond acceptors (Lipinski definition) is 4. The van der Waals surface area contributed by atoms with Gasteiger partial charge >= 0.3 is 0 Å². The van der Waals surface area contributed by atoms with Gasteiger partial charge in [-0.15, -0.1) is 0 Å². The van der Waals surface area contributed by atoms with Crippen LogP contribution in [0.3, 0.4) is 0 Å². The Kier molecular flexibility index (Phi) is 9.31. The molecule has 158 valence electrons. The van der Waals surface area contributed by atoms with E-state index in [1.807, 2.05) is 0 Å². The number of carbonyl (C=O) groups excluding carboxylic acids is 2. The highest BCUT2D eigenvalue weighted by molar-refractivity contribution is 7.80. The summed E-state index contributed by atoms with van der Waals surface area (Å²) < 4.78 is 5.63. The summed E-state index contributed by atoms with van der Waals surface area (Å²) in [5, 5.41) is 3.03. The summed E-state index contributed by atoms with van der Waals surface area (Å²) in [6.45, 7) is 4.89. The number of ether oxygens (including phenoxy) is 1. The van der Waals surface area contributed by atoms with E-state index in [1.54, 1.807) is 54.6 Å². The minimum Gasteiger partial charge on any atom is -0.494 e. The van der Waals surface area contributed by atoms with Crippen LogP contribution in [0.15, 0.2) is 54.6 Å². The largest absolute Gasteiger partial charge is 0.494 e. The lowest BCUT2D eigenvalue weighted by Crippen LogP contribution is -2.48. The van der Waals surface area contributed by atoms with E-state index in [-0.39, 0.29) is 5.11 Å². The third-order valence-corrected chi connectivity index (χ3v) is 4.36. The molecule has 0 saturated carbocycles. The second kappa shape index (κ2) is 11.9. The molecule has 6 nitrogen and oxygen atoms in total. The average molecular weight is 446 g/mol. The van der Waals surface area contributed by atoms with Crippen LogP contribution >= 0.6 is 23.8 Å². The molecule has 0 unspecified atom stereocenters. The summed E-state index contributed by atoms with van der Waals surface area (Å²) >= 11 is 10.8. The van der Waals surface area contributed by atoms with Crippen LogP contribution in [0.2, 0.25) is 5.02 Å². The van der Waals surface area contributed by atoms with Crippen molar-refractivity contribution in [2.45, 2.75) is 20.3 Å². The van der Waals surface area contributed by atoms with Crippen molar-refractivity contribution < 1.29 is 14.3 Å². The maximum Gasteiger partial charge on any atom is 0.269 e. The van der Waals surface area contributed by atoms with E-state index >= 15 is 0 Å². The lowest BCUT2D eigenvalue weighted by atomic mass is 10.1. The Hall–Kier alpha value is -2.90. The van der Waals surface area contributed by atoms with Gasteiger partial charge in [0, 0.05) is 16.7 Å². The number of amides is 2. The normalized spacial score (nSPS) is 10.7. The third-order valence-electron chi connectivity index (χ3n) is 3.90. The number of hydrogen-bond donors (Lipinski definition) is 3. The van der Waals surface area contributed by atoms with E-state index < -0.39 is 11.8 Å². The highest BCUT2D eigenvalue weighted by atomic mass is 35.5. The van der Waals surface area contributed by atoms with Gasteiger partial charge in [-0.2, -0.15) is 0 Å².